The van der Waals surface area contributed by atoms with Crippen LogP contribution in [0.5, 0.6) is 0 Å². The molecule has 0 unspecified atom stereocenters. The average molecular weight is 323 g/mol. The molecule has 2 aliphatic rings. The number of carbonyl (C=O) groups excluding carboxylic acids is 1. The summed E-state index contributed by atoms with van der Waals surface area (Å²) in [4.78, 5) is 22.3. The molecule has 3 heterocycles. The maximum absolute atomic E-state index is 12.0. The van der Waals surface area contributed by atoms with E-state index in [9.17, 15) is 4.79 Å². The van der Waals surface area contributed by atoms with Gasteiger partial charge in [0.25, 0.3) is 5.91 Å². The molecule has 21 heavy (non-hydrogen) atoms. The van der Waals surface area contributed by atoms with Crippen LogP contribution in [0.25, 0.3) is 6.08 Å². The van der Waals surface area contributed by atoms with Crippen molar-refractivity contribution in [1.29, 1.82) is 0 Å². The molecule has 7 heteroatoms. The number of aliphatic imine (C=N–C) groups is 1. The predicted molar refractivity (Wildman–Crippen MR) is 87.4 cm³/mol. The maximum atomic E-state index is 12.0. The van der Waals surface area contributed by atoms with Gasteiger partial charge in [-0.15, -0.1) is 11.3 Å². The van der Waals surface area contributed by atoms with Crippen molar-refractivity contribution in [2.45, 2.75) is 0 Å². The molecule has 0 aliphatic carbocycles. The summed E-state index contributed by atoms with van der Waals surface area (Å²) >= 11 is 3.08. The van der Waals surface area contributed by atoms with Gasteiger partial charge in [0, 0.05) is 37.6 Å². The molecule has 1 saturated heterocycles. The summed E-state index contributed by atoms with van der Waals surface area (Å²) in [5.74, 6) is -0.138. The molecule has 1 aromatic rings. The standard InChI is InChI=1S/C14H17N3O2S2/c18-8-7-16-3-5-17(6-4-16)14-15-13(19)12(21-14)10-11-2-1-9-20-11/h1-2,9-10,18H,3-8H2/b12-10+. The molecular weight excluding hydrogens is 306 g/mol. The molecule has 1 fully saturated rings. The first-order valence-electron chi connectivity index (χ1n) is 6.90. The third-order valence-electron chi connectivity index (χ3n) is 3.48. The molecule has 1 N–H and O–H groups in total. The van der Waals surface area contributed by atoms with Crippen molar-refractivity contribution in [3.05, 3.63) is 27.3 Å². The second kappa shape index (κ2) is 6.74. The summed E-state index contributed by atoms with van der Waals surface area (Å²) in [7, 11) is 0. The summed E-state index contributed by atoms with van der Waals surface area (Å²) in [5.41, 5.74) is 0. The van der Waals surface area contributed by atoms with Gasteiger partial charge in [0.05, 0.1) is 11.5 Å². The molecule has 0 bridgehead atoms. The fraction of sp³-hybridized carbons (Fsp3) is 0.429. The molecule has 1 amide bonds. The van der Waals surface area contributed by atoms with Crippen LogP contribution < -0.4 is 0 Å². The largest absolute Gasteiger partial charge is 0.395 e. The van der Waals surface area contributed by atoms with E-state index >= 15 is 0 Å². The van der Waals surface area contributed by atoms with Crippen LogP contribution in [0.3, 0.4) is 0 Å². The van der Waals surface area contributed by atoms with E-state index in [1.165, 1.54) is 11.8 Å². The van der Waals surface area contributed by atoms with Crippen LogP contribution in [-0.2, 0) is 4.79 Å². The second-order valence-electron chi connectivity index (χ2n) is 4.88. The van der Waals surface area contributed by atoms with Gasteiger partial charge in [-0.05, 0) is 29.3 Å². The molecule has 0 radical (unpaired) electrons. The first-order valence-corrected chi connectivity index (χ1v) is 8.60. The topological polar surface area (TPSA) is 56.1 Å². The lowest BCUT2D eigenvalue weighted by molar-refractivity contribution is -0.113. The Morgan fingerprint density at radius 3 is 2.81 bits per heavy atom. The Morgan fingerprint density at radius 2 is 2.14 bits per heavy atom. The van der Waals surface area contributed by atoms with E-state index in [0.717, 1.165) is 42.8 Å². The molecule has 0 spiro atoms. The van der Waals surface area contributed by atoms with Gasteiger partial charge in [-0.1, -0.05) is 6.07 Å². The molecule has 3 rings (SSSR count). The highest BCUT2D eigenvalue weighted by atomic mass is 32.2. The summed E-state index contributed by atoms with van der Waals surface area (Å²) in [5, 5.41) is 11.8. The van der Waals surface area contributed by atoms with Crippen LogP contribution in [0.2, 0.25) is 0 Å². The summed E-state index contributed by atoms with van der Waals surface area (Å²) < 4.78 is 0. The second-order valence-corrected chi connectivity index (χ2v) is 6.87. The quantitative estimate of drug-likeness (QED) is 0.851. The average Bonchev–Trinajstić information content (AvgIpc) is 3.11. The van der Waals surface area contributed by atoms with Crippen molar-refractivity contribution in [2.75, 3.05) is 39.3 Å². The van der Waals surface area contributed by atoms with Gasteiger partial charge in [-0.3, -0.25) is 9.69 Å². The Hall–Kier alpha value is -1.15. The number of thioether (sulfide) groups is 1. The normalized spacial score (nSPS) is 22.1. The van der Waals surface area contributed by atoms with Gasteiger partial charge in [0.15, 0.2) is 5.17 Å². The molecule has 2 aliphatic heterocycles. The Kier molecular flexibility index (Phi) is 4.74. The SMILES string of the molecule is O=C1N=C(N2CCN(CCO)CC2)S/C1=C/c1cccs1. The van der Waals surface area contributed by atoms with E-state index in [1.807, 2.05) is 23.6 Å². The third-order valence-corrected chi connectivity index (χ3v) is 5.35. The Morgan fingerprint density at radius 1 is 1.33 bits per heavy atom. The van der Waals surface area contributed by atoms with E-state index in [0.29, 0.717) is 4.91 Å². The van der Waals surface area contributed by atoms with Crippen molar-refractivity contribution in [2.24, 2.45) is 4.99 Å². The number of amides is 1. The number of aliphatic hydroxyl groups is 1. The number of aliphatic hydroxyl groups excluding tert-OH is 1. The van der Waals surface area contributed by atoms with Gasteiger partial charge < -0.3 is 10.0 Å². The summed E-state index contributed by atoms with van der Waals surface area (Å²) in [6.07, 6.45) is 1.91. The van der Waals surface area contributed by atoms with Crippen LogP contribution in [0.1, 0.15) is 4.88 Å². The van der Waals surface area contributed by atoms with E-state index < -0.39 is 0 Å². The molecule has 0 saturated carbocycles. The number of amidine groups is 1. The van der Waals surface area contributed by atoms with Gasteiger partial charge in [-0.2, -0.15) is 4.99 Å². The summed E-state index contributed by atoms with van der Waals surface area (Å²) in [6.45, 7) is 4.42. The highest BCUT2D eigenvalue weighted by Gasteiger charge is 2.28. The highest BCUT2D eigenvalue weighted by molar-refractivity contribution is 8.18. The minimum atomic E-state index is -0.138. The van der Waals surface area contributed by atoms with Crippen molar-refractivity contribution in [3.8, 4) is 0 Å². The minimum absolute atomic E-state index is 0.138. The molecule has 0 aromatic carbocycles. The fourth-order valence-electron chi connectivity index (χ4n) is 2.34. The Bertz CT molecular complexity index is 561. The van der Waals surface area contributed by atoms with Crippen molar-refractivity contribution < 1.29 is 9.90 Å². The minimum Gasteiger partial charge on any atom is -0.395 e. The lowest BCUT2D eigenvalue weighted by Crippen LogP contribution is -2.48. The number of β-amino-alcohol motifs (C(OH)–C–C–N with tert-alkyl or cyclic N) is 1. The highest BCUT2D eigenvalue weighted by Crippen LogP contribution is 2.31. The molecule has 5 nitrogen and oxygen atoms in total. The van der Waals surface area contributed by atoms with E-state index in [2.05, 4.69) is 14.8 Å². The first-order chi connectivity index (χ1) is 10.3. The summed E-state index contributed by atoms with van der Waals surface area (Å²) in [6, 6.07) is 3.97. The number of hydrogen-bond donors (Lipinski definition) is 1. The van der Waals surface area contributed by atoms with Crippen LogP contribution >= 0.6 is 23.1 Å². The van der Waals surface area contributed by atoms with Gasteiger partial charge >= 0.3 is 0 Å². The zero-order valence-corrected chi connectivity index (χ0v) is 13.2. The number of nitrogens with zero attached hydrogens (tertiary/aromatic N) is 3. The third kappa shape index (κ3) is 3.55. The number of piperazine rings is 1. The maximum Gasteiger partial charge on any atom is 0.286 e. The molecule has 1 aromatic heterocycles. The van der Waals surface area contributed by atoms with Crippen LogP contribution in [0.15, 0.2) is 27.4 Å². The number of carbonyl (C=O) groups is 1. The fourth-order valence-corrected chi connectivity index (χ4v) is 4.03. The zero-order valence-electron chi connectivity index (χ0n) is 11.6. The van der Waals surface area contributed by atoms with Gasteiger partial charge in [-0.25, -0.2) is 0 Å². The van der Waals surface area contributed by atoms with E-state index in [1.54, 1.807) is 11.3 Å². The smallest absolute Gasteiger partial charge is 0.286 e. The zero-order chi connectivity index (χ0) is 14.7. The molecule has 112 valence electrons. The Balaban J connectivity index is 1.61. The van der Waals surface area contributed by atoms with Crippen molar-refractivity contribution in [1.82, 2.24) is 9.80 Å². The van der Waals surface area contributed by atoms with E-state index in [-0.39, 0.29) is 12.5 Å². The van der Waals surface area contributed by atoms with Crippen LogP contribution in [0.4, 0.5) is 0 Å². The molecular formula is C14H17N3O2S2. The number of hydrogen-bond acceptors (Lipinski definition) is 6. The van der Waals surface area contributed by atoms with Crippen molar-refractivity contribution in [3.63, 3.8) is 0 Å². The van der Waals surface area contributed by atoms with Gasteiger partial charge in [0.2, 0.25) is 0 Å². The predicted octanol–water partition coefficient (Wildman–Crippen LogP) is 1.33. The molecule has 0 atom stereocenters. The lowest BCUT2D eigenvalue weighted by atomic mass is 10.3. The Labute approximate surface area is 132 Å². The first kappa shape index (κ1) is 14.8. The monoisotopic (exact) mass is 323 g/mol. The van der Waals surface area contributed by atoms with Gasteiger partial charge in [0.1, 0.15) is 0 Å². The van der Waals surface area contributed by atoms with Crippen LogP contribution in [-0.4, -0.2) is 65.3 Å². The van der Waals surface area contributed by atoms with Crippen molar-refractivity contribution >= 4 is 40.2 Å². The lowest BCUT2D eigenvalue weighted by Gasteiger charge is -2.34. The number of thiophene rings is 1. The van der Waals surface area contributed by atoms with Crippen LogP contribution in [0, 0.1) is 0 Å². The number of rotatable bonds is 3. The van der Waals surface area contributed by atoms with E-state index in [4.69, 9.17) is 5.11 Å².